The van der Waals surface area contributed by atoms with E-state index in [9.17, 15) is 5.11 Å². The Morgan fingerprint density at radius 2 is 2.13 bits per heavy atom. The van der Waals surface area contributed by atoms with Gasteiger partial charge in [0.1, 0.15) is 3.70 Å². The van der Waals surface area contributed by atoms with Gasteiger partial charge in [-0.1, -0.05) is 25.4 Å². The molecule has 0 spiro atoms. The van der Waals surface area contributed by atoms with Crippen molar-refractivity contribution in [1.29, 1.82) is 0 Å². The molecule has 1 aromatic heterocycles. The van der Waals surface area contributed by atoms with Gasteiger partial charge in [0, 0.05) is 12.2 Å². The van der Waals surface area contributed by atoms with Crippen LogP contribution in [0.1, 0.15) is 25.8 Å². The SMILES string of the molecule is CC(C)(CCO)c1cc(I)nc(Cl)c1O. The van der Waals surface area contributed by atoms with Gasteiger partial charge < -0.3 is 10.2 Å². The molecule has 0 unspecified atom stereocenters. The van der Waals surface area contributed by atoms with E-state index in [0.29, 0.717) is 6.42 Å². The molecule has 0 aliphatic heterocycles. The van der Waals surface area contributed by atoms with E-state index in [0.717, 1.165) is 9.26 Å². The Hall–Kier alpha value is -0.0700. The Labute approximate surface area is 108 Å². The molecule has 0 radical (unpaired) electrons. The molecule has 0 atom stereocenters. The fourth-order valence-electron chi connectivity index (χ4n) is 1.41. The minimum atomic E-state index is -0.314. The number of pyridine rings is 1. The van der Waals surface area contributed by atoms with E-state index in [-0.39, 0.29) is 22.9 Å². The molecule has 0 saturated heterocycles. The summed E-state index contributed by atoms with van der Waals surface area (Å²) in [5.74, 6) is 0.00975. The van der Waals surface area contributed by atoms with Crippen molar-refractivity contribution in [3.8, 4) is 5.75 Å². The van der Waals surface area contributed by atoms with Crippen LogP contribution in [0.3, 0.4) is 0 Å². The number of aromatic nitrogens is 1. The quantitative estimate of drug-likeness (QED) is 0.656. The van der Waals surface area contributed by atoms with Crippen molar-refractivity contribution in [1.82, 2.24) is 4.98 Å². The Kier molecular flexibility index (Phi) is 4.20. The van der Waals surface area contributed by atoms with Crippen LogP contribution in [0.5, 0.6) is 5.75 Å². The van der Waals surface area contributed by atoms with E-state index in [1.54, 1.807) is 6.07 Å². The zero-order valence-electron chi connectivity index (χ0n) is 8.59. The van der Waals surface area contributed by atoms with E-state index in [2.05, 4.69) is 4.98 Å². The minimum Gasteiger partial charge on any atom is -0.504 e. The van der Waals surface area contributed by atoms with E-state index >= 15 is 0 Å². The second-order valence-electron chi connectivity index (χ2n) is 3.99. The first-order chi connectivity index (χ1) is 6.88. The van der Waals surface area contributed by atoms with Crippen molar-refractivity contribution >= 4 is 34.2 Å². The highest BCUT2D eigenvalue weighted by Gasteiger charge is 2.25. The van der Waals surface area contributed by atoms with Gasteiger partial charge in [0.15, 0.2) is 10.9 Å². The molecule has 1 aromatic rings. The first kappa shape index (κ1) is 13.0. The summed E-state index contributed by atoms with van der Waals surface area (Å²) in [5.41, 5.74) is 0.409. The van der Waals surface area contributed by atoms with Gasteiger partial charge in [0.05, 0.1) is 0 Å². The fraction of sp³-hybridized carbons (Fsp3) is 0.500. The number of hydrogen-bond acceptors (Lipinski definition) is 3. The van der Waals surface area contributed by atoms with Gasteiger partial charge in [0.2, 0.25) is 0 Å². The summed E-state index contributed by atoms with van der Waals surface area (Å²) >= 11 is 7.84. The number of nitrogens with zero attached hydrogens (tertiary/aromatic N) is 1. The average Bonchev–Trinajstić information content (AvgIpc) is 2.11. The van der Waals surface area contributed by atoms with Crippen molar-refractivity contribution in [2.24, 2.45) is 0 Å². The molecule has 0 saturated carbocycles. The third-order valence-electron chi connectivity index (χ3n) is 2.38. The Balaban J connectivity index is 3.24. The molecular weight excluding hydrogens is 328 g/mol. The van der Waals surface area contributed by atoms with E-state index < -0.39 is 0 Å². The second kappa shape index (κ2) is 4.84. The first-order valence-corrected chi connectivity index (χ1v) is 6.00. The molecule has 0 aliphatic carbocycles. The van der Waals surface area contributed by atoms with Crippen LogP contribution in [-0.4, -0.2) is 21.8 Å². The Bertz CT molecular complexity index is 369. The van der Waals surface area contributed by atoms with Crippen LogP contribution in [0.15, 0.2) is 6.07 Å². The van der Waals surface area contributed by atoms with Gasteiger partial charge in [-0.2, -0.15) is 0 Å². The summed E-state index contributed by atoms with van der Waals surface area (Å²) in [5, 5.41) is 18.9. The highest BCUT2D eigenvalue weighted by atomic mass is 127. The standard InChI is InChI=1S/C10H13ClINO2/c1-10(2,3-4-14)6-5-7(12)13-9(11)8(6)15/h5,14-15H,3-4H2,1-2H3. The molecule has 0 amide bonds. The van der Waals surface area contributed by atoms with Crippen LogP contribution in [0.2, 0.25) is 5.15 Å². The lowest BCUT2D eigenvalue weighted by molar-refractivity contribution is 0.250. The maximum absolute atomic E-state index is 9.80. The van der Waals surface area contributed by atoms with Crippen molar-refractivity contribution < 1.29 is 10.2 Å². The van der Waals surface area contributed by atoms with Crippen molar-refractivity contribution in [3.05, 3.63) is 20.5 Å². The zero-order valence-corrected chi connectivity index (χ0v) is 11.5. The summed E-state index contributed by atoms with van der Waals surface area (Å²) in [6.07, 6.45) is 0.566. The highest BCUT2D eigenvalue weighted by Crippen LogP contribution is 2.37. The van der Waals surface area contributed by atoms with Gasteiger partial charge in [-0.05, 0) is 40.5 Å². The zero-order chi connectivity index (χ0) is 11.6. The lowest BCUT2D eigenvalue weighted by Gasteiger charge is -2.25. The van der Waals surface area contributed by atoms with Gasteiger partial charge in [-0.15, -0.1) is 0 Å². The predicted molar refractivity (Wildman–Crippen MR) is 68.4 cm³/mol. The molecule has 5 heteroatoms. The smallest absolute Gasteiger partial charge is 0.172 e. The van der Waals surface area contributed by atoms with Crippen LogP contribution in [0.4, 0.5) is 0 Å². The van der Waals surface area contributed by atoms with Gasteiger partial charge in [-0.25, -0.2) is 4.98 Å². The molecule has 84 valence electrons. The number of aliphatic hydroxyl groups excluding tert-OH is 1. The largest absolute Gasteiger partial charge is 0.504 e. The maximum atomic E-state index is 9.80. The third kappa shape index (κ3) is 2.95. The molecule has 0 fully saturated rings. The number of aliphatic hydroxyl groups is 1. The minimum absolute atomic E-state index is 0.00975. The van der Waals surface area contributed by atoms with Gasteiger partial charge in [-0.3, -0.25) is 0 Å². The molecule has 0 bridgehead atoms. The lowest BCUT2D eigenvalue weighted by Crippen LogP contribution is -2.19. The Morgan fingerprint density at radius 1 is 1.53 bits per heavy atom. The molecule has 3 nitrogen and oxygen atoms in total. The van der Waals surface area contributed by atoms with E-state index in [1.807, 2.05) is 36.4 Å². The number of aromatic hydroxyl groups is 1. The Morgan fingerprint density at radius 3 is 2.67 bits per heavy atom. The molecule has 1 rings (SSSR count). The first-order valence-electron chi connectivity index (χ1n) is 4.55. The molecule has 0 aromatic carbocycles. The van der Waals surface area contributed by atoms with Crippen LogP contribution >= 0.6 is 34.2 Å². The number of hydrogen-bond donors (Lipinski definition) is 2. The summed E-state index contributed by atoms with van der Waals surface area (Å²) in [7, 11) is 0. The van der Waals surface area contributed by atoms with Crippen LogP contribution < -0.4 is 0 Å². The number of halogens is 2. The molecule has 15 heavy (non-hydrogen) atoms. The predicted octanol–water partition coefficient (Wildman–Crippen LogP) is 2.71. The normalized spacial score (nSPS) is 11.8. The van der Waals surface area contributed by atoms with E-state index in [1.165, 1.54) is 0 Å². The lowest BCUT2D eigenvalue weighted by atomic mass is 9.82. The second-order valence-corrected chi connectivity index (χ2v) is 5.45. The molecule has 1 heterocycles. The third-order valence-corrected chi connectivity index (χ3v) is 3.20. The summed E-state index contributed by atoms with van der Waals surface area (Å²) in [6, 6.07) is 1.79. The van der Waals surface area contributed by atoms with Gasteiger partial charge >= 0.3 is 0 Å². The van der Waals surface area contributed by atoms with E-state index in [4.69, 9.17) is 16.7 Å². The fourth-order valence-corrected chi connectivity index (χ4v) is 2.30. The average molecular weight is 342 g/mol. The summed E-state index contributed by atoms with van der Waals surface area (Å²) in [4.78, 5) is 3.95. The monoisotopic (exact) mass is 341 g/mol. The summed E-state index contributed by atoms with van der Waals surface area (Å²) < 4.78 is 0.733. The van der Waals surface area contributed by atoms with Crippen LogP contribution in [0, 0.1) is 3.70 Å². The topological polar surface area (TPSA) is 53.4 Å². The van der Waals surface area contributed by atoms with Crippen LogP contribution in [-0.2, 0) is 5.41 Å². The highest BCUT2D eigenvalue weighted by molar-refractivity contribution is 14.1. The summed E-state index contributed by atoms with van der Waals surface area (Å²) in [6.45, 7) is 3.97. The van der Waals surface area contributed by atoms with Crippen molar-refractivity contribution in [2.75, 3.05) is 6.61 Å². The maximum Gasteiger partial charge on any atom is 0.172 e. The van der Waals surface area contributed by atoms with Gasteiger partial charge in [0.25, 0.3) is 0 Å². The van der Waals surface area contributed by atoms with Crippen molar-refractivity contribution in [2.45, 2.75) is 25.7 Å². The molecular formula is C10H13ClINO2. The number of rotatable bonds is 3. The van der Waals surface area contributed by atoms with Crippen molar-refractivity contribution in [3.63, 3.8) is 0 Å². The molecule has 0 aliphatic rings. The van der Waals surface area contributed by atoms with Crippen LogP contribution in [0.25, 0.3) is 0 Å². The molecule has 2 N–H and O–H groups in total.